The second-order valence-electron chi connectivity index (χ2n) is 3.27. The van der Waals surface area contributed by atoms with Crippen LogP contribution in [0.5, 0.6) is 0 Å². The Bertz CT molecular complexity index is 54.7. The van der Waals surface area contributed by atoms with Gasteiger partial charge in [0.25, 0.3) is 0 Å². The van der Waals surface area contributed by atoms with Gasteiger partial charge in [0, 0.05) is 0 Å². The van der Waals surface area contributed by atoms with Gasteiger partial charge in [0.15, 0.2) is 0 Å². The van der Waals surface area contributed by atoms with Crippen LogP contribution in [0.4, 0.5) is 0 Å². The van der Waals surface area contributed by atoms with Gasteiger partial charge in [-0.2, -0.15) is 0 Å². The van der Waals surface area contributed by atoms with Crippen LogP contribution in [0.2, 0.25) is 0 Å². The zero-order valence-electron chi connectivity index (χ0n) is 8.66. The Balaban J connectivity index is 0.000000202. The van der Waals surface area contributed by atoms with E-state index in [1.54, 1.807) is 0 Å². The van der Waals surface area contributed by atoms with Gasteiger partial charge in [-0.05, 0) is 45.9 Å². The zero-order chi connectivity index (χ0) is 9.07. The van der Waals surface area contributed by atoms with Crippen LogP contribution in [0.1, 0.15) is 39.0 Å². The van der Waals surface area contributed by atoms with Crippen molar-refractivity contribution in [1.82, 2.24) is 10.6 Å². The molecule has 0 aromatic carbocycles. The largest absolute Gasteiger partial charge is 0.320 e. The summed E-state index contributed by atoms with van der Waals surface area (Å²) in [6.45, 7) is 5.86. The molecule has 2 nitrogen and oxygen atoms in total. The predicted octanol–water partition coefficient (Wildman–Crippen LogP) is 1.77. The predicted molar refractivity (Wildman–Crippen MR) is 55.6 cm³/mol. The molecule has 1 aliphatic heterocycles. The van der Waals surface area contributed by atoms with Crippen molar-refractivity contribution in [3.05, 3.63) is 0 Å². The molecular formula is C10H24N2. The minimum Gasteiger partial charge on any atom is -0.320 e. The number of hydrogen-bond donors (Lipinski definition) is 2. The van der Waals surface area contributed by atoms with Crippen LogP contribution in [0.25, 0.3) is 0 Å². The molecule has 1 fully saturated rings. The molecular weight excluding hydrogens is 148 g/mol. The first-order valence-electron chi connectivity index (χ1n) is 5.27. The summed E-state index contributed by atoms with van der Waals surface area (Å²) in [7, 11) is 1.98. The van der Waals surface area contributed by atoms with Crippen LogP contribution in [0, 0.1) is 0 Å². The van der Waals surface area contributed by atoms with Crippen molar-refractivity contribution in [2.75, 3.05) is 26.7 Å². The molecule has 2 N–H and O–H groups in total. The van der Waals surface area contributed by atoms with E-state index in [2.05, 4.69) is 17.6 Å². The maximum Gasteiger partial charge on any atom is -0.00489 e. The normalized spacial score (nSPS) is 16.5. The molecule has 2 heteroatoms. The third kappa shape index (κ3) is 9.92. The number of piperidine rings is 1. The Kier molecular flexibility index (Phi) is 10.8. The molecule has 12 heavy (non-hydrogen) atoms. The zero-order valence-corrected chi connectivity index (χ0v) is 8.66. The van der Waals surface area contributed by atoms with Gasteiger partial charge >= 0.3 is 0 Å². The monoisotopic (exact) mass is 172 g/mol. The molecule has 0 aromatic rings. The van der Waals surface area contributed by atoms with Gasteiger partial charge < -0.3 is 10.6 Å². The summed E-state index contributed by atoms with van der Waals surface area (Å²) in [5.74, 6) is 0. The first-order chi connectivity index (χ1) is 5.91. The maximum absolute atomic E-state index is 3.28. The van der Waals surface area contributed by atoms with Crippen molar-refractivity contribution in [2.24, 2.45) is 0 Å². The average Bonchev–Trinajstić information content (AvgIpc) is 2.18. The molecule has 74 valence electrons. The van der Waals surface area contributed by atoms with Crippen LogP contribution in [0.3, 0.4) is 0 Å². The van der Waals surface area contributed by atoms with Crippen molar-refractivity contribution in [2.45, 2.75) is 39.0 Å². The van der Waals surface area contributed by atoms with E-state index < -0.39 is 0 Å². The van der Waals surface area contributed by atoms with Crippen molar-refractivity contribution in [3.63, 3.8) is 0 Å². The van der Waals surface area contributed by atoms with Gasteiger partial charge in [-0.25, -0.2) is 0 Å². The molecule has 0 radical (unpaired) electrons. The third-order valence-electron chi connectivity index (χ3n) is 1.99. The van der Waals surface area contributed by atoms with Gasteiger partial charge in [0.2, 0.25) is 0 Å². The third-order valence-corrected chi connectivity index (χ3v) is 1.99. The summed E-state index contributed by atoms with van der Waals surface area (Å²) >= 11 is 0. The quantitative estimate of drug-likeness (QED) is 0.634. The molecule has 1 heterocycles. The van der Waals surface area contributed by atoms with Crippen molar-refractivity contribution >= 4 is 0 Å². The first-order valence-corrected chi connectivity index (χ1v) is 5.27. The highest BCUT2D eigenvalue weighted by Gasteiger charge is 1.93. The van der Waals surface area contributed by atoms with Crippen LogP contribution < -0.4 is 10.6 Å². The second kappa shape index (κ2) is 10.9. The van der Waals surface area contributed by atoms with Crippen LogP contribution in [-0.2, 0) is 0 Å². The van der Waals surface area contributed by atoms with Crippen molar-refractivity contribution < 1.29 is 0 Å². The average molecular weight is 172 g/mol. The number of unbranched alkanes of at least 4 members (excludes halogenated alkanes) is 1. The van der Waals surface area contributed by atoms with Gasteiger partial charge in [-0.1, -0.05) is 19.8 Å². The lowest BCUT2D eigenvalue weighted by molar-refractivity contribution is 0.520. The molecule has 1 aliphatic rings. The van der Waals surface area contributed by atoms with E-state index >= 15 is 0 Å². The van der Waals surface area contributed by atoms with Gasteiger partial charge in [0.1, 0.15) is 0 Å². The molecule has 0 amide bonds. The molecule has 1 saturated heterocycles. The lowest BCUT2D eigenvalue weighted by Crippen LogP contribution is -2.21. The molecule has 0 aliphatic carbocycles. The topological polar surface area (TPSA) is 24.1 Å². The van der Waals surface area contributed by atoms with Gasteiger partial charge in [-0.3, -0.25) is 0 Å². The molecule has 0 spiro atoms. The lowest BCUT2D eigenvalue weighted by Gasteiger charge is -2.08. The Labute approximate surface area is 77.1 Å². The van der Waals surface area contributed by atoms with E-state index in [4.69, 9.17) is 0 Å². The summed E-state index contributed by atoms with van der Waals surface area (Å²) in [5, 5.41) is 6.35. The smallest absolute Gasteiger partial charge is 0.00489 e. The number of hydrogen-bond acceptors (Lipinski definition) is 2. The van der Waals surface area contributed by atoms with Gasteiger partial charge in [-0.15, -0.1) is 0 Å². The highest BCUT2D eigenvalue weighted by atomic mass is 14.9. The van der Waals surface area contributed by atoms with Crippen molar-refractivity contribution in [3.8, 4) is 0 Å². The Morgan fingerprint density at radius 3 is 2.00 bits per heavy atom. The SMILES string of the molecule is C1CCNCC1.CCCCNC. The van der Waals surface area contributed by atoms with Gasteiger partial charge in [0.05, 0.1) is 0 Å². The number of nitrogens with one attached hydrogen (secondary N) is 2. The summed E-state index contributed by atoms with van der Waals surface area (Å²) < 4.78 is 0. The van der Waals surface area contributed by atoms with E-state index in [1.807, 2.05) is 7.05 Å². The molecule has 1 rings (SSSR count). The standard InChI is InChI=1S/C5H11N.C5H13N/c1-2-4-6-5-3-1;1-3-4-5-6-2/h6H,1-5H2;6H,3-5H2,1-2H3. The van der Waals surface area contributed by atoms with Crippen LogP contribution in [0.15, 0.2) is 0 Å². The van der Waals surface area contributed by atoms with E-state index in [-0.39, 0.29) is 0 Å². The molecule has 0 atom stereocenters. The second-order valence-corrected chi connectivity index (χ2v) is 3.27. The molecule has 0 saturated carbocycles. The first kappa shape index (κ1) is 11.9. The highest BCUT2D eigenvalue weighted by Crippen LogP contribution is 1.96. The fraction of sp³-hybridized carbons (Fsp3) is 1.00. The number of rotatable bonds is 3. The van der Waals surface area contributed by atoms with E-state index in [1.165, 1.54) is 45.2 Å². The Morgan fingerprint density at radius 2 is 1.83 bits per heavy atom. The van der Waals surface area contributed by atoms with E-state index in [9.17, 15) is 0 Å². The van der Waals surface area contributed by atoms with Crippen LogP contribution in [-0.4, -0.2) is 26.7 Å². The van der Waals surface area contributed by atoms with Crippen LogP contribution >= 0.6 is 0 Å². The van der Waals surface area contributed by atoms with Crippen molar-refractivity contribution in [1.29, 1.82) is 0 Å². The maximum atomic E-state index is 3.28. The molecule has 0 aromatic heterocycles. The van der Waals surface area contributed by atoms with E-state index in [0.29, 0.717) is 0 Å². The van der Waals surface area contributed by atoms with E-state index in [0.717, 1.165) is 6.54 Å². The summed E-state index contributed by atoms with van der Waals surface area (Å²) in [4.78, 5) is 0. The Hall–Kier alpha value is -0.0800. The summed E-state index contributed by atoms with van der Waals surface area (Å²) in [5.41, 5.74) is 0. The minimum absolute atomic E-state index is 1.16. The minimum atomic E-state index is 1.16. The summed E-state index contributed by atoms with van der Waals surface area (Å²) in [6.07, 6.45) is 6.81. The molecule has 0 bridgehead atoms. The highest BCUT2D eigenvalue weighted by molar-refractivity contribution is 4.55. The Morgan fingerprint density at radius 1 is 1.17 bits per heavy atom. The lowest BCUT2D eigenvalue weighted by atomic mass is 10.2. The summed E-state index contributed by atoms with van der Waals surface area (Å²) in [6, 6.07) is 0. The fourth-order valence-corrected chi connectivity index (χ4v) is 1.16. The molecule has 0 unspecified atom stereocenters. The fourth-order valence-electron chi connectivity index (χ4n) is 1.16.